The number of carbonyl (C=O) groups is 2. The largest absolute Gasteiger partial charge is 0.480 e. The number of allylic oxidation sites excluding steroid dienone is 3. The SMILES string of the molecule is CCC(=O)CCCCCC(NC(=O)Cc1cc2n(n1)C=CC=C(CC)C2)c1ncc(-c2cc3ccccc3nc2OC)o1. The monoisotopic (exact) mass is 581 g/mol. The van der Waals surface area contributed by atoms with Gasteiger partial charge in [-0.1, -0.05) is 56.5 Å². The van der Waals surface area contributed by atoms with E-state index in [4.69, 9.17) is 9.15 Å². The fourth-order valence-corrected chi connectivity index (χ4v) is 5.33. The van der Waals surface area contributed by atoms with Gasteiger partial charge in [0.15, 0.2) is 5.76 Å². The molecule has 0 spiro atoms. The standard InChI is InChI=1S/C34H39N5O4/c1-4-23-12-11-17-39-26(18-23)20-25(38-39)21-32(41)36-30(16-8-6-7-14-27(40)5-2)34-35-22-31(43-34)28-19-24-13-9-10-15-29(24)37-33(28)42-3/h9-13,15,17,19-20,22,30H,4-8,14,16,18,21H2,1-3H3,(H,36,41). The van der Waals surface area contributed by atoms with Crippen molar-refractivity contribution >= 4 is 28.8 Å². The van der Waals surface area contributed by atoms with Crippen molar-refractivity contribution in [3.63, 3.8) is 0 Å². The van der Waals surface area contributed by atoms with Gasteiger partial charge in [-0.05, 0) is 43.5 Å². The van der Waals surface area contributed by atoms with Crippen LogP contribution >= 0.6 is 0 Å². The van der Waals surface area contributed by atoms with Crippen LogP contribution in [-0.2, 0) is 22.4 Å². The summed E-state index contributed by atoms with van der Waals surface area (Å²) in [6.07, 6.45) is 13.9. The number of oxazole rings is 1. The van der Waals surface area contributed by atoms with Gasteiger partial charge in [0.25, 0.3) is 0 Å². The number of hydrogen-bond donors (Lipinski definition) is 1. The molecule has 4 heterocycles. The van der Waals surface area contributed by atoms with Crippen LogP contribution < -0.4 is 10.1 Å². The van der Waals surface area contributed by atoms with E-state index in [0.717, 1.165) is 48.7 Å². The third kappa shape index (κ3) is 7.46. The van der Waals surface area contributed by atoms with E-state index >= 15 is 0 Å². The molecule has 3 aromatic heterocycles. The third-order valence-electron chi connectivity index (χ3n) is 7.77. The average Bonchev–Trinajstić information content (AvgIpc) is 3.61. The van der Waals surface area contributed by atoms with Gasteiger partial charge in [0.2, 0.25) is 17.7 Å². The van der Waals surface area contributed by atoms with Crippen LogP contribution in [0.3, 0.4) is 0 Å². The van der Waals surface area contributed by atoms with E-state index in [1.54, 1.807) is 13.3 Å². The highest BCUT2D eigenvalue weighted by Crippen LogP contribution is 2.33. The number of amides is 1. The summed E-state index contributed by atoms with van der Waals surface area (Å²) in [4.78, 5) is 34.2. The molecule has 9 heteroatoms. The predicted molar refractivity (Wildman–Crippen MR) is 166 cm³/mol. The van der Waals surface area contributed by atoms with Crippen LogP contribution in [-0.4, -0.2) is 38.5 Å². The number of fused-ring (bicyclic) bond motifs is 2. The summed E-state index contributed by atoms with van der Waals surface area (Å²) in [6, 6.07) is 11.3. The number of ether oxygens (including phenoxy) is 1. The maximum absolute atomic E-state index is 13.3. The molecule has 0 fully saturated rings. The van der Waals surface area contributed by atoms with Crippen LogP contribution in [0.4, 0.5) is 0 Å². The summed E-state index contributed by atoms with van der Waals surface area (Å²) in [5.41, 5.74) is 4.62. The molecule has 4 aromatic rings. The molecule has 1 N–H and O–H groups in total. The molecule has 1 aromatic carbocycles. The van der Waals surface area contributed by atoms with E-state index in [9.17, 15) is 9.59 Å². The number of carbonyl (C=O) groups excluding carboxylic acids is 2. The zero-order chi connectivity index (χ0) is 30.2. The second-order valence-electron chi connectivity index (χ2n) is 10.9. The summed E-state index contributed by atoms with van der Waals surface area (Å²) in [7, 11) is 1.58. The highest BCUT2D eigenvalue weighted by Gasteiger charge is 2.23. The minimum absolute atomic E-state index is 0.149. The lowest BCUT2D eigenvalue weighted by Crippen LogP contribution is -2.30. The molecule has 0 saturated carbocycles. The van der Waals surface area contributed by atoms with Gasteiger partial charge in [0.05, 0.1) is 36.5 Å². The summed E-state index contributed by atoms with van der Waals surface area (Å²) in [6.45, 7) is 4.03. The smallest absolute Gasteiger partial charge is 0.226 e. The minimum Gasteiger partial charge on any atom is -0.480 e. The first-order valence-corrected chi connectivity index (χ1v) is 15.1. The highest BCUT2D eigenvalue weighted by molar-refractivity contribution is 5.85. The summed E-state index contributed by atoms with van der Waals surface area (Å²) >= 11 is 0. The Bertz CT molecular complexity index is 1650. The lowest BCUT2D eigenvalue weighted by molar-refractivity contribution is -0.121. The molecule has 5 rings (SSSR count). The Balaban J connectivity index is 1.32. The van der Waals surface area contributed by atoms with Gasteiger partial charge in [-0.15, -0.1) is 0 Å². The molecule has 0 saturated heterocycles. The van der Waals surface area contributed by atoms with E-state index in [2.05, 4.69) is 33.4 Å². The number of aromatic nitrogens is 4. The van der Waals surface area contributed by atoms with Crippen molar-refractivity contribution in [2.75, 3.05) is 7.11 Å². The number of methoxy groups -OCH3 is 1. The molecular formula is C34H39N5O4. The topological polar surface area (TPSA) is 112 Å². The van der Waals surface area contributed by atoms with Gasteiger partial charge >= 0.3 is 0 Å². The van der Waals surface area contributed by atoms with Crippen LogP contribution in [0.15, 0.2) is 64.7 Å². The van der Waals surface area contributed by atoms with Crippen molar-refractivity contribution in [3.8, 4) is 17.2 Å². The van der Waals surface area contributed by atoms with Crippen LogP contribution in [0.2, 0.25) is 0 Å². The van der Waals surface area contributed by atoms with E-state index < -0.39 is 6.04 Å². The first kappa shape index (κ1) is 29.9. The lowest BCUT2D eigenvalue weighted by Gasteiger charge is -2.15. The van der Waals surface area contributed by atoms with Gasteiger partial charge in [-0.25, -0.2) is 14.6 Å². The van der Waals surface area contributed by atoms with Crippen molar-refractivity contribution in [3.05, 3.63) is 77.6 Å². The van der Waals surface area contributed by atoms with Crippen molar-refractivity contribution < 1.29 is 18.7 Å². The number of para-hydroxylation sites is 1. The Morgan fingerprint density at radius 2 is 2.00 bits per heavy atom. The average molecular weight is 582 g/mol. The minimum atomic E-state index is -0.433. The fourth-order valence-electron chi connectivity index (χ4n) is 5.33. The number of benzene rings is 1. The zero-order valence-electron chi connectivity index (χ0n) is 25.1. The molecule has 1 aliphatic heterocycles. The number of ketones is 1. The number of pyridine rings is 1. The Kier molecular flexibility index (Phi) is 9.81. The van der Waals surface area contributed by atoms with Gasteiger partial charge in [-0.3, -0.25) is 9.59 Å². The number of nitrogens with one attached hydrogen (secondary N) is 1. The molecule has 0 aliphatic carbocycles. The van der Waals surface area contributed by atoms with Crippen LogP contribution in [0.5, 0.6) is 5.88 Å². The number of hydrogen-bond acceptors (Lipinski definition) is 7. The molecule has 224 valence electrons. The summed E-state index contributed by atoms with van der Waals surface area (Å²) in [5, 5.41) is 8.74. The fraction of sp³-hybridized carbons (Fsp3) is 0.382. The number of unbranched alkanes of at least 4 members (excludes halogenated alkanes) is 2. The number of nitrogens with zero attached hydrogens (tertiary/aromatic N) is 4. The Hall–Kier alpha value is -4.53. The maximum Gasteiger partial charge on any atom is 0.226 e. The van der Waals surface area contributed by atoms with Gasteiger partial charge < -0.3 is 14.5 Å². The molecule has 0 radical (unpaired) electrons. The number of rotatable bonds is 14. The molecule has 0 bridgehead atoms. The lowest BCUT2D eigenvalue weighted by atomic mass is 10.0. The summed E-state index contributed by atoms with van der Waals surface area (Å²) < 4.78 is 13.7. The molecular weight excluding hydrogens is 542 g/mol. The van der Waals surface area contributed by atoms with Crippen LogP contribution in [0.1, 0.15) is 82.1 Å². The summed E-state index contributed by atoms with van der Waals surface area (Å²) in [5.74, 6) is 1.50. The van der Waals surface area contributed by atoms with E-state index in [1.165, 1.54) is 5.57 Å². The maximum atomic E-state index is 13.3. The highest BCUT2D eigenvalue weighted by atomic mass is 16.5. The molecule has 1 amide bonds. The van der Waals surface area contributed by atoms with Gasteiger partial charge in [-0.2, -0.15) is 5.10 Å². The first-order chi connectivity index (χ1) is 21.0. The van der Waals surface area contributed by atoms with Gasteiger partial charge in [0.1, 0.15) is 11.8 Å². The molecule has 1 aliphatic rings. The van der Waals surface area contributed by atoms with E-state index in [1.807, 2.05) is 60.3 Å². The third-order valence-corrected chi connectivity index (χ3v) is 7.77. The van der Waals surface area contributed by atoms with Crippen molar-refractivity contribution in [1.29, 1.82) is 0 Å². The van der Waals surface area contributed by atoms with E-state index in [-0.39, 0.29) is 18.1 Å². The van der Waals surface area contributed by atoms with Crippen molar-refractivity contribution in [2.45, 2.75) is 77.7 Å². The second-order valence-corrected chi connectivity index (χ2v) is 10.9. The Labute approximate surface area is 252 Å². The predicted octanol–water partition coefficient (Wildman–Crippen LogP) is 6.79. The normalized spacial score (nSPS) is 13.3. The zero-order valence-corrected chi connectivity index (χ0v) is 25.1. The first-order valence-electron chi connectivity index (χ1n) is 15.1. The second kappa shape index (κ2) is 14.1. The molecule has 9 nitrogen and oxygen atoms in total. The van der Waals surface area contributed by atoms with E-state index in [0.29, 0.717) is 48.1 Å². The van der Waals surface area contributed by atoms with Crippen LogP contribution in [0, 0.1) is 0 Å². The number of Topliss-reactive ketones (excluding diaryl/α,β-unsaturated/α-hetero) is 1. The Morgan fingerprint density at radius 3 is 2.81 bits per heavy atom. The molecule has 1 atom stereocenters. The van der Waals surface area contributed by atoms with Crippen LogP contribution in [0.25, 0.3) is 28.4 Å². The van der Waals surface area contributed by atoms with Crippen molar-refractivity contribution in [1.82, 2.24) is 25.1 Å². The Morgan fingerprint density at radius 1 is 1.14 bits per heavy atom. The van der Waals surface area contributed by atoms with Gasteiger partial charge in [0, 0.05) is 36.5 Å². The quantitative estimate of drug-likeness (QED) is 0.163. The molecule has 43 heavy (non-hydrogen) atoms. The molecule has 1 unspecified atom stereocenters. The van der Waals surface area contributed by atoms with Crippen molar-refractivity contribution in [2.24, 2.45) is 0 Å².